The fourth-order valence-electron chi connectivity index (χ4n) is 0.770. The van der Waals surface area contributed by atoms with Crippen molar-refractivity contribution >= 4 is 40.9 Å². The summed E-state index contributed by atoms with van der Waals surface area (Å²) in [6.45, 7) is 0. The number of aldehydes is 1. The van der Waals surface area contributed by atoms with Crippen molar-refractivity contribution in [1.29, 1.82) is 0 Å². The van der Waals surface area contributed by atoms with Crippen LogP contribution in [0.3, 0.4) is 0 Å². The highest BCUT2D eigenvalue weighted by atomic mass is 35.5. The maximum atomic E-state index is 10.3. The van der Waals surface area contributed by atoms with Crippen LogP contribution >= 0.6 is 11.6 Å². The number of ether oxygens (including phenoxy) is 1. The van der Waals surface area contributed by atoms with Gasteiger partial charge in [0.1, 0.15) is 12.0 Å². The number of rotatable bonds is 2. The molecule has 4 heteroatoms. The van der Waals surface area contributed by atoms with Gasteiger partial charge in [0.15, 0.2) is 0 Å². The second kappa shape index (κ2) is 5.40. The largest absolute Gasteiger partial charge is 0.497 e. The van der Waals surface area contributed by atoms with E-state index in [4.69, 9.17) is 16.3 Å². The van der Waals surface area contributed by atoms with E-state index in [1.165, 1.54) is 7.11 Å². The molecule has 0 fully saturated rings. The minimum absolute atomic E-state index is 0. The van der Waals surface area contributed by atoms with Gasteiger partial charge >= 0.3 is 0 Å². The van der Waals surface area contributed by atoms with Gasteiger partial charge in [0, 0.05) is 33.6 Å². The van der Waals surface area contributed by atoms with Gasteiger partial charge in [-0.25, -0.2) is 0 Å². The van der Waals surface area contributed by atoms with E-state index < -0.39 is 0 Å². The first-order chi connectivity index (χ1) is 5.26. The summed E-state index contributed by atoms with van der Waals surface area (Å²) >= 11 is 5.67. The third-order valence-electron chi connectivity index (χ3n) is 1.27. The first-order valence-electron chi connectivity index (χ1n) is 3.06. The van der Waals surface area contributed by atoms with Gasteiger partial charge in [-0.15, -0.1) is 0 Å². The maximum absolute atomic E-state index is 10.3. The quantitative estimate of drug-likeness (QED) is 0.530. The van der Waals surface area contributed by atoms with E-state index >= 15 is 0 Å². The Morgan fingerprint density at radius 3 is 2.58 bits per heavy atom. The van der Waals surface area contributed by atoms with Crippen LogP contribution in [0, 0.1) is 0 Å². The van der Waals surface area contributed by atoms with Gasteiger partial charge in [0.2, 0.25) is 0 Å². The van der Waals surface area contributed by atoms with Crippen LogP contribution in [0.15, 0.2) is 18.2 Å². The van der Waals surface area contributed by atoms with Gasteiger partial charge in [0.05, 0.1) is 7.11 Å². The van der Waals surface area contributed by atoms with Gasteiger partial charge in [-0.3, -0.25) is 4.79 Å². The van der Waals surface area contributed by atoms with Crippen molar-refractivity contribution in [1.82, 2.24) is 0 Å². The molecule has 60 valence electrons. The van der Waals surface area contributed by atoms with E-state index in [1.54, 1.807) is 18.2 Å². The zero-order valence-electron chi connectivity index (χ0n) is 6.71. The van der Waals surface area contributed by atoms with Crippen LogP contribution in [0.25, 0.3) is 0 Å². The molecule has 0 aromatic heterocycles. The van der Waals surface area contributed by atoms with E-state index in [2.05, 4.69) is 0 Å². The molecule has 0 saturated heterocycles. The SMILES string of the molecule is COc1cc(Cl)cc(C=O)c1.[Mg]. The zero-order valence-corrected chi connectivity index (χ0v) is 8.88. The van der Waals surface area contributed by atoms with Crippen LogP contribution in [0.4, 0.5) is 0 Å². The lowest BCUT2D eigenvalue weighted by Crippen LogP contribution is -1.85. The molecule has 0 aliphatic rings. The van der Waals surface area contributed by atoms with Crippen molar-refractivity contribution in [2.75, 3.05) is 7.11 Å². The average Bonchev–Trinajstić information content (AvgIpc) is 2.03. The van der Waals surface area contributed by atoms with Crippen molar-refractivity contribution in [2.24, 2.45) is 0 Å². The second-order valence-electron chi connectivity index (χ2n) is 2.04. The van der Waals surface area contributed by atoms with E-state index in [9.17, 15) is 4.79 Å². The van der Waals surface area contributed by atoms with Crippen LogP contribution in [0.1, 0.15) is 10.4 Å². The Kier molecular flexibility index (Phi) is 5.29. The van der Waals surface area contributed by atoms with E-state index in [-0.39, 0.29) is 23.1 Å². The molecule has 12 heavy (non-hydrogen) atoms. The van der Waals surface area contributed by atoms with E-state index in [0.717, 1.165) is 6.29 Å². The molecule has 1 aromatic carbocycles. The lowest BCUT2D eigenvalue weighted by Gasteiger charge is -2.00. The molecule has 0 heterocycles. The summed E-state index contributed by atoms with van der Waals surface area (Å²) in [6, 6.07) is 4.85. The molecule has 0 aliphatic heterocycles. The molecule has 0 unspecified atom stereocenters. The summed E-state index contributed by atoms with van der Waals surface area (Å²) in [4.78, 5) is 10.3. The molecule has 2 radical (unpaired) electrons. The minimum Gasteiger partial charge on any atom is -0.497 e. The Morgan fingerprint density at radius 1 is 1.42 bits per heavy atom. The molecule has 0 N–H and O–H groups in total. The Morgan fingerprint density at radius 2 is 2.08 bits per heavy atom. The fraction of sp³-hybridized carbons (Fsp3) is 0.125. The van der Waals surface area contributed by atoms with Crippen molar-refractivity contribution < 1.29 is 9.53 Å². The molecule has 0 spiro atoms. The Balaban J connectivity index is 0.00000121. The third-order valence-corrected chi connectivity index (χ3v) is 1.48. The van der Waals surface area contributed by atoms with Crippen molar-refractivity contribution in [2.45, 2.75) is 0 Å². The molecule has 0 bridgehead atoms. The summed E-state index contributed by atoms with van der Waals surface area (Å²) in [5, 5.41) is 0.506. The first-order valence-corrected chi connectivity index (χ1v) is 3.44. The molecule has 1 aromatic rings. The average molecular weight is 195 g/mol. The van der Waals surface area contributed by atoms with Crippen molar-refractivity contribution in [3.63, 3.8) is 0 Å². The first kappa shape index (κ1) is 11.7. The van der Waals surface area contributed by atoms with Crippen LogP contribution in [-0.2, 0) is 0 Å². The zero-order chi connectivity index (χ0) is 8.27. The highest BCUT2D eigenvalue weighted by Crippen LogP contribution is 2.19. The molecule has 0 saturated carbocycles. The number of carbonyl (C=O) groups excluding carboxylic acids is 1. The van der Waals surface area contributed by atoms with Gasteiger partial charge in [-0.2, -0.15) is 0 Å². The number of halogens is 1. The van der Waals surface area contributed by atoms with Crippen LogP contribution in [0.5, 0.6) is 5.75 Å². The maximum Gasteiger partial charge on any atom is 0.150 e. The summed E-state index contributed by atoms with van der Waals surface area (Å²) < 4.78 is 4.89. The number of carbonyl (C=O) groups is 1. The van der Waals surface area contributed by atoms with Crippen LogP contribution in [-0.4, -0.2) is 36.4 Å². The predicted molar refractivity (Wildman–Crippen MR) is 49.1 cm³/mol. The van der Waals surface area contributed by atoms with Gasteiger partial charge in [-0.1, -0.05) is 11.6 Å². The lowest BCUT2D eigenvalue weighted by atomic mass is 10.2. The van der Waals surface area contributed by atoms with E-state index in [1.807, 2.05) is 0 Å². The lowest BCUT2D eigenvalue weighted by molar-refractivity contribution is 0.112. The summed E-state index contributed by atoms with van der Waals surface area (Å²) in [7, 11) is 1.53. The number of hydrogen-bond acceptors (Lipinski definition) is 2. The smallest absolute Gasteiger partial charge is 0.150 e. The number of benzene rings is 1. The molecule has 0 amide bonds. The van der Waals surface area contributed by atoms with E-state index in [0.29, 0.717) is 16.3 Å². The Labute approximate surface area is 92.0 Å². The van der Waals surface area contributed by atoms with Gasteiger partial charge in [-0.05, 0) is 18.2 Å². The molecular weight excluding hydrogens is 188 g/mol. The van der Waals surface area contributed by atoms with Crippen LogP contribution in [0.2, 0.25) is 5.02 Å². The van der Waals surface area contributed by atoms with Crippen molar-refractivity contribution in [3.05, 3.63) is 28.8 Å². The summed E-state index contributed by atoms with van der Waals surface area (Å²) in [6.07, 6.45) is 0.731. The Bertz CT molecular complexity index is 276. The highest BCUT2D eigenvalue weighted by molar-refractivity contribution is 6.31. The predicted octanol–water partition coefficient (Wildman–Crippen LogP) is 1.78. The highest BCUT2D eigenvalue weighted by Gasteiger charge is 1.97. The topological polar surface area (TPSA) is 26.3 Å². The monoisotopic (exact) mass is 194 g/mol. The number of methoxy groups -OCH3 is 1. The second-order valence-corrected chi connectivity index (χ2v) is 2.48. The molecule has 2 nitrogen and oxygen atoms in total. The number of hydrogen-bond donors (Lipinski definition) is 0. The van der Waals surface area contributed by atoms with Gasteiger partial charge in [0.25, 0.3) is 0 Å². The third kappa shape index (κ3) is 3.01. The summed E-state index contributed by atoms with van der Waals surface area (Å²) in [5.74, 6) is 0.597. The van der Waals surface area contributed by atoms with Gasteiger partial charge < -0.3 is 4.74 Å². The molecule has 0 aliphatic carbocycles. The normalized spacial score (nSPS) is 8.50. The standard InChI is InChI=1S/C8H7ClO2.Mg/c1-11-8-3-6(5-10)2-7(9)4-8;/h2-5H,1H3;. The molecular formula is C8H7ClMgO2. The fourth-order valence-corrected chi connectivity index (χ4v) is 1.00. The Hall–Kier alpha value is -0.254. The van der Waals surface area contributed by atoms with Crippen LogP contribution < -0.4 is 4.74 Å². The molecule has 0 atom stereocenters. The summed E-state index contributed by atoms with van der Waals surface area (Å²) in [5.41, 5.74) is 0.523. The van der Waals surface area contributed by atoms with Crippen molar-refractivity contribution in [3.8, 4) is 5.75 Å². The molecule has 1 rings (SSSR count). The minimum atomic E-state index is 0.